The van der Waals surface area contributed by atoms with E-state index in [0.717, 1.165) is 25.2 Å². The standard InChI is InChI=1S/C12H24N2O/c1-3-13-10-5-6-14(9-10)11-7-12(8-11)15-4-2/h10-13H,3-9H2,1-2H3. The fourth-order valence-corrected chi connectivity index (χ4v) is 2.78. The van der Waals surface area contributed by atoms with Crippen LogP contribution in [-0.4, -0.2) is 49.3 Å². The molecule has 1 atom stereocenters. The molecule has 0 aromatic rings. The van der Waals surface area contributed by atoms with Gasteiger partial charge in [-0.05, 0) is 32.7 Å². The summed E-state index contributed by atoms with van der Waals surface area (Å²) in [6.45, 7) is 8.78. The summed E-state index contributed by atoms with van der Waals surface area (Å²) in [5.74, 6) is 0. The summed E-state index contributed by atoms with van der Waals surface area (Å²) in [5, 5.41) is 3.54. The molecule has 0 spiro atoms. The van der Waals surface area contributed by atoms with Gasteiger partial charge < -0.3 is 10.1 Å². The van der Waals surface area contributed by atoms with Gasteiger partial charge in [0.15, 0.2) is 0 Å². The first-order chi connectivity index (χ1) is 7.33. The van der Waals surface area contributed by atoms with Gasteiger partial charge in [0, 0.05) is 31.8 Å². The first-order valence-corrected chi connectivity index (χ1v) is 6.42. The van der Waals surface area contributed by atoms with Crippen molar-refractivity contribution < 1.29 is 4.74 Å². The van der Waals surface area contributed by atoms with E-state index in [1.54, 1.807) is 0 Å². The predicted molar refractivity (Wildman–Crippen MR) is 62.1 cm³/mol. The third-order valence-corrected chi connectivity index (χ3v) is 3.70. The molecule has 88 valence electrons. The fourth-order valence-electron chi connectivity index (χ4n) is 2.78. The average Bonchev–Trinajstić information content (AvgIpc) is 2.59. The van der Waals surface area contributed by atoms with E-state index in [4.69, 9.17) is 4.74 Å². The molecule has 0 radical (unpaired) electrons. The number of nitrogens with zero attached hydrogens (tertiary/aromatic N) is 1. The van der Waals surface area contributed by atoms with Crippen molar-refractivity contribution in [2.75, 3.05) is 26.2 Å². The number of hydrogen-bond donors (Lipinski definition) is 1. The van der Waals surface area contributed by atoms with Crippen molar-refractivity contribution in [3.05, 3.63) is 0 Å². The highest BCUT2D eigenvalue weighted by molar-refractivity contribution is 4.93. The van der Waals surface area contributed by atoms with Gasteiger partial charge in [0.1, 0.15) is 0 Å². The van der Waals surface area contributed by atoms with Crippen LogP contribution in [0.15, 0.2) is 0 Å². The van der Waals surface area contributed by atoms with E-state index in [9.17, 15) is 0 Å². The van der Waals surface area contributed by atoms with Crippen molar-refractivity contribution in [2.45, 2.75) is 51.3 Å². The zero-order valence-corrected chi connectivity index (χ0v) is 10.0. The van der Waals surface area contributed by atoms with Crippen LogP contribution in [0.25, 0.3) is 0 Å². The predicted octanol–water partition coefficient (Wildman–Crippen LogP) is 1.24. The molecule has 0 amide bonds. The minimum Gasteiger partial charge on any atom is -0.378 e. The second kappa shape index (κ2) is 5.28. The van der Waals surface area contributed by atoms with Crippen molar-refractivity contribution in [3.8, 4) is 0 Å². The Balaban J connectivity index is 1.65. The minimum absolute atomic E-state index is 0.554. The average molecular weight is 212 g/mol. The molecular weight excluding hydrogens is 188 g/mol. The van der Waals surface area contributed by atoms with E-state index in [1.807, 2.05) is 0 Å². The third kappa shape index (κ3) is 2.71. The van der Waals surface area contributed by atoms with Crippen LogP contribution in [0, 0.1) is 0 Å². The van der Waals surface area contributed by atoms with E-state index in [1.165, 1.54) is 32.4 Å². The summed E-state index contributed by atoms with van der Waals surface area (Å²) in [5.41, 5.74) is 0. The molecular formula is C12H24N2O. The van der Waals surface area contributed by atoms with Crippen molar-refractivity contribution >= 4 is 0 Å². The third-order valence-electron chi connectivity index (χ3n) is 3.70. The molecule has 1 N–H and O–H groups in total. The summed E-state index contributed by atoms with van der Waals surface area (Å²) in [6.07, 6.45) is 4.39. The van der Waals surface area contributed by atoms with Gasteiger partial charge in [-0.15, -0.1) is 0 Å². The number of likely N-dealkylation sites (N-methyl/N-ethyl adjacent to an activating group) is 1. The molecule has 1 saturated carbocycles. The van der Waals surface area contributed by atoms with Gasteiger partial charge in [0.25, 0.3) is 0 Å². The van der Waals surface area contributed by atoms with E-state index >= 15 is 0 Å². The smallest absolute Gasteiger partial charge is 0.0604 e. The van der Waals surface area contributed by atoms with Crippen molar-refractivity contribution in [1.29, 1.82) is 0 Å². The van der Waals surface area contributed by atoms with Gasteiger partial charge in [-0.25, -0.2) is 0 Å². The fraction of sp³-hybridized carbons (Fsp3) is 1.00. The Labute approximate surface area is 93.2 Å². The summed E-state index contributed by atoms with van der Waals surface area (Å²) in [6, 6.07) is 1.55. The normalized spacial score (nSPS) is 36.8. The van der Waals surface area contributed by atoms with Crippen LogP contribution in [0.1, 0.15) is 33.1 Å². The summed E-state index contributed by atoms with van der Waals surface area (Å²) in [7, 11) is 0. The highest BCUT2D eigenvalue weighted by atomic mass is 16.5. The number of nitrogens with one attached hydrogen (secondary N) is 1. The lowest BCUT2D eigenvalue weighted by molar-refractivity contribution is -0.0411. The molecule has 0 bridgehead atoms. The van der Waals surface area contributed by atoms with E-state index < -0.39 is 0 Å². The lowest BCUT2D eigenvalue weighted by atomic mass is 9.88. The zero-order valence-electron chi connectivity index (χ0n) is 10.0. The van der Waals surface area contributed by atoms with Crippen molar-refractivity contribution in [2.24, 2.45) is 0 Å². The maximum absolute atomic E-state index is 5.60. The van der Waals surface area contributed by atoms with Crippen LogP contribution < -0.4 is 5.32 Å². The van der Waals surface area contributed by atoms with Gasteiger partial charge in [-0.2, -0.15) is 0 Å². The molecule has 1 aliphatic carbocycles. The maximum Gasteiger partial charge on any atom is 0.0604 e. The molecule has 2 fully saturated rings. The van der Waals surface area contributed by atoms with Gasteiger partial charge in [0.2, 0.25) is 0 Å². The van der Waals surface area contributed by atoms with E-state index in [0.29, 0.717) is 6.10 Å². The lowest BCUT2D eigenvalue weighted by Gasteiger charge is -2.40. The molecule has 1 unspecified atom stereocenters. The minimum atomic E-state index is 0.554. The number of likely N-dealkylation sites (tertiary alicyclic amines) is 1. The van der Waals surface area contributed by atoms with Crippen molar-refractivity contribution in [3.63, 3.8) is 0 Å². The van der Waals surface area contributed by atoms with Crippen LogP contribution in [0.2, 0.25) is 0 Å². The second-order valence-corrected chi connectivity index (χ2v) is 4.74. The van der Waals surface area contributed by atoms with Crippen LogP contribution in [0.4, 0.5) is 0 Å². The van der Waals surface area contributed by atoms with E-state index in [-0.39, 0.29) is 0 Å². The molecule has 0 aromatic carbocycles. The molecule has 3 heteroatoms. The van der Waals surface area contributed by atoms with Crippen LogP contribution in [0.3, 0.4) is 0 Å². The SMILES string of the molecule is CCNC1CCN(C2CC(OCC)C2)C1. The summed E-state index contributed by atoms with van der Waals surface area (Å²) < 4.78 is 5.60. The monoisotopic (exact) mass is 212 g/mol. The number of ether oxygens (including phenoxy) is 1. The number of hydrogen-bond acceptors (Lipinski definition) is 3. The Morgan fingerprint density at radius 2 is 2.13 bits per heavy atom. The molecule has 3 nitrogen and oxygen atoms in total. The molecule has 1 saturated heterocycles. The molecule has 1 aliphatic heterocycles. The van der Waals surface area contributed by atoms with Gasteiger partial charge in [-0.1, -0.05) is 6.92 Å². The zero-order chi connectivity index (χ0) is 10.7. The lowest BCUT2D eigenvalue weighted by Crippen LogP contribution is -2.48. The first kappa shape index (κ1) is 11.4. The highest BCUT2D eigenvalue weighted by Gasteiger charge is 2.37. The van der Waals surface area contributed by atoms with Crippen LogP contribution in [-0.2, 0) is 4.74 Å². The Morgan fingerprint density at radius 3 is 2.80 bits per heavy atom. The molecule has 1 heterocycles. The Morgan fingerprint density at radius 1 is 1.33 bits per heavy atom. The number of rotatable bonds is 5. The Hall–Kier alpha value is -0.120. The maximum atomic E-state index is 5.60. The van der Waals surface area contributed by atoms with Gasteiger partial charge in [0.05, 0.1) is 6.10 Å². The molecule has 0 aromatic heterocycles. The molecule has 15 heavy (non-hydrogen) atoms. The van der Waals surface area contributed by atoms with Gasteiger partial charge >= 0.3 is 0 Å². The van der Waals surface area contributed by atoms with Crippen molar-refractivity contribution in [1.82, 2.24) is 10.2 Å². The van der Waals surface area contributed by atoms with Crippen LogP contribution >= 0.6 is 0 Å². The first-order valence-electron chi connectivity index (χ1n) is 6.42. The topological polar surface area (TPSA) is 24.5 Å². The van der Waals surface area contributed by atoms with Crippen LogP contribution in [0.5, 0.6) is 0 Å². The summed E-state index contributed by atoms with van der Waals surface area (Å²) >= 11 is 0. The quantitative estimate of drug-likeness (QED) is 0.742. The Kier molecular flexibility index (Phi) is 4.00. The summed E-state index contributed by atoms with van der Waals surface area (Å²) in [4.78, 5) is 2.64. The largest absolute Gasteiger partial charge is 0.378 e. The highest BCUT2D eigenvalue weighted by Crippen LogP contribution is 2.30. The second-order valence-electron chi connectivity index (χ2n) is 4.74. The van der Waals surface area contributed by atoms with Gasteiger partial charge in [-0.3, -0.25) is 4.90 Å². The molecule has 2 aliphatic rings. The molecule has 2 rings (SSSR count). The van der Waals surface area contributed by atoms with E-state index in [2.05, 4.69) is 24.1 Å². The Bertz CT molecular complexity index is 192.